The van der Waals surface area contributed by atoms with E-state index in [9.17, 15) is 4.79 Å². The van der Waals surface area contributed by atoms with Crippen molar-refractivity contribution in [2.24, 2.45) is 5.92 Å². The minimum atomic E-state index is 0.0982. The molecule has 0 fully saturated rings. The standard InChI is InChI=1S/C11H24N2O2/c1-5-13(4)11(15)8-12-10(6-7-14)9(2)3/h9-10,12,14H,5-8H2,1-4H3. The van der Waals surface area contributed by atoms with Crippen molar-refractivity contribution in [1.29, 1.82) is 0 Å². The van der Waals surface area contributed by atoms with E-state index in [4.69, 9.17) is 5.11 Å². The van der Waals surface area contributed by atoms with E-state index in [-0.39, 0.29) is 18.6 Å². The van der Waals surface area contributed by atoms with Crippen LogP contribution < -0.4 is 5.32 Å². The van der Waals surface area contributed by atoms with Gasteiger partial charge in [0.1, 0.15) is 0 Å². The van der Waals surface area contributed by atoms with Crippen LogP contribution in [0.25, 0.3) is 0 Å². The maximum atomic E-state index is 11.5. The van der Waals surface area contributed by atoms with Crippen LogP contribution in [0.1, 0.15) is 27.2 Å². The molecule has 0 spiro atoms. The summed E-state index contributed by atoms with van der Waals surface area (Å²) in [7, 11) is 1.79. The highest BCUT2D eigenvalue weighted by Gasteiger charge is 2.14. The van der Waals surface area contributed by atoms with Gasteiger partial charge in [-0.25, -0.2) is 0 Å². The van der Waals surface area contributed by atoms with Crippen molar-refractivity contribution < 1.29 is 9.90 Å². The number of likely N-dealkylation sites (N-methyl/N-ethyl adjacent to an activating group) is 1. The highest BCUT2D eigenvalue weighted by Crippen LogP contribution is 2.04. The van der Waals surface area contributed by atoms with Crippen LogP contribution in [-0.2, 0) is 4.79 Å². The van der Waals surface area contributed by atoms with Gasteiger partial charge in [0.25, 0.3) is 0 Å². The van der Waals surface area contributed by atoms with Crippen LogP contribution in [-0.4, -0.2) is 48.7 Å². The summed E-state index contributed by atoms with van der Waals surface area (Å²) >= 11 is 0. The fraction of sp³-hybridized carbons (Fsp3) is 0.909. The van der Waals surface area contributed by atoms with Crippen molar-refractivity contribution in [3.05, 3.63) is 0 Å². The van der Waals surface area contributed by atoms with Gasteiger partial charge in [0, 0.05) is 26.2 Å². The Kier molecular flexibility index (Phi) is 7.34. The zero-order valence-corrected chi connectivity index (χ0v) is 10.3. The van der Waals surface area contributed by atoms with Crippen molar-refractivity contribution in [2.45, 2.75) is 33.2 Å². The van der Waals surface area contributed by atoms with Gasteiger partial charge in [-0.15, -0.1) is 0 Å². The summed E-state index contributed by atoms with van der Waals surface area (Å²) in [6.45, 7) is 7.36. The highest BCUT2D eigenvalue weighted by atomic mass is 16.3. The number of nitrogens with one attached hydrogen (secondary N) is 1. The first-order valence-electron chi connectivity index (χ1n) is 5.61. The molecule has 1 atom stereocenters. The van der Waals surface area contributed by atoms with Crippen LogP contribution in [0.3, 0.4) is 0 Å². The number of hydrogen-bond donors (Lipinski definition) is 2. The van der Waals surface area contributed by atoms with Crippen LogP contribution in [0.5, 0.6) is 0 Å². The predicted octanol–water partition coefficient (Wildman–Crippen LogP) is 0.461. The van der Waals surface area contributed by atoms with Crippen LogP contribution >= 0.6 is 0 Å². The first kappa shape index (κ1) is 14.4. The number of carbonyl (C=O) groups is 1. The van der Waals surface area contributed by atoms with Crippen molar-refractivity contribution in [1.82, 2.24) is 10.2 Å². The van der Waals surface area contributed by atoms with Crippen molar-refractivity contribution in [3.8, 4) is 0 Å². The lowest BCUT2D eigenvalue weighted by atomic mass is 10.0. The van der Waals surface area contributed by atoms with E-state index >= 15 is 0 Å². The van der Waals surface area contributed by atoms with Gasteiger partial charge in [0.05, 0.1) is 6.54 Å². The summed E-state index contributed by atoms with van der Waals surface area (Å²) in [4.78, 5) is 13.2. The van der Waals surface area contributed by atoms with E-state index in [1.54, 1.807) is 11.9 Å². The summed E-state index contributed by atoms with van der Waals surface area (Å²) in [6.07, 6.45) is 0.695. The van der Waals surface area contributed by atoms with E-state index in [1.165, 1.54) is 0 Å². The number of amides is 1. The SMILES string of the molecule is CCN(C)C(=O)CNC(CCO)C(C)C. The first-order chi connectivity index (χ1) is 7.02. The summed E-state index contributed by atoms with van der Waals surface area (Å²) < 4.78 is 0. The Morgan fingerprint density at radius 3 is 2.47 bits per heavy atom. The second-order valence-electron chi connectivity index (χ2n) is 4.15. The molecule has 4 heteroatoms. The molecule has 0 bridgehead atoms. The molecule has 0 radical (unpaired) electrons. The Labute approximate surface area is 92.7 Å². The maximum Gasteiger partial charge on any atom is 0.236 e. The third-order valence-corrected chi connectivity index (χ3v) is 2.66. The lowest BCUT2D eigenvalue weighted by Gasteiger charge is -2.23. The van der Waals surface area contributed by atoms with E-state index in [0.29, 0.717) is 18.9 Å². The molecule has 90 valence electrons. The number of aliphatic hydroxyl groups is 1. The van der Waals surface area contributed by atoms with E-state index in [2.05, 4.69) is 19.2 Å². The molecule has 2 N–H and O–H groups in total. The maximum absolute atomic E-state index is 11.5. The number of aliphatic hydroxyl groups excluding tert-OH is 1. The summed E-state index contributed by atoms with van der Waals surface area (Å²) in [6, 6.07) is 0.212. The molecule has 0 aliphatic heterocycles. The Hall–Kier alpha value is -0.610. The third-order valence-electron chi connectivity index (χ3n) is 2.66. The van der Waals surface area contributed by atoms with Gasteiger partial charge >= 0.3 is 0 Å². The molecular formula is C11H24N2O2. The Balaban J connectivity index is 3.93. The normalized spacial score (nSPS) is 12.9. The van der Waals surface area contributed by atoms with Crippen LogP contribution in [0, 0.1) is 5.92 Å². The second-order valence-corrected chi connectivity index (χ2v) is 4.15. The van der Waals surface area contributed by atoms with E-state index < -0.39 is 0 Å². The molecule has 0 aromatic heterocycles. The van der Waals surface area contributed by atoms with Crippen molar-refractivity contribution >= 4 is 5.91 Å². The monoisotopic (exact) mass is 216 g/mol. The lowest BCUT2D eigenvalue weighted by molar-refractivity contribution is -0.128. The zero-order valence-electron chi connectivity index (χ0n) is 10.3. The lowest BCUT2D eigenvalue weighted by Crippen LogP contribution is -2.42. The van der Waals surface area contributed by atoms with Gasteiger partial charge in [0.2, 0.25) is 5.91 Å². The summed E-state index contributed by atoms with van der Waals surface area (Å²) in [5.74, 6) is 0.526. The minimum absolute atomic E-state index is 0.0982. The van der Waals surface area contributed by atoms with E-state index in [0.717, 1.165) is 6.54 Å². The van der Waals surface area contributed by atoms with Gasteiger partial charge < -0.3 is 15.3 Å². The fourth-order valence-corrected chi connectivity index (χ4v) is 1.34. The second kappa shape index (κ2) is 7.65. The predicted molar refractivity (Wildman–Crippen MR) is 61.6 cm³/mol. The molecule has 4 nitrogen and oxygen atoms in total. The molecule has 1 amide bonds. The van der Waals surface area contributed by atoms with Gasteiger partial charge in [0.15, 0.2) is 0 Å². The molecule has 0 saturated carbocycles. The molecular weight excluding hydrogens is 192 g/mol. The Morgan fingerprint density at radius 1 is 1.47 bits per heavy atom. The number of rotatable bonds is 7. The third kappa shape index (κ3) is 5.74. The van der Waals surface area contributed by atoms with Crippen molar-refractivity contribution in [2.75, 3.05) is 26.7 Å². The fourth-order valence-electron chi connectivity index (χ4n) is 1.34. The van der Waals surface area contributed by atoms with Gasteiger partial charge in [-0.3, -0.25) is 4.79 Å². The minimum Gasteiger partial charge on any atom is -0.396 e. The van der Waals surface area contributed by atoms with Crippen molar-refractivity contribution in [3.63, 3.8) is 0 Å². The Morgan fingerprint density at radius 2 is 2.07 bits per heavy atom. The van der Waals surface area contributed by atoms with Gasteiger partial charge in [-0.2, -0.15) is 0 Å². The Bertz CT molecular complexity index is 183. The summed E-state index contributed by atoms with van der Waals surface area (Å²) in [5.41, 5.74) is 0. The smallest absolute Gasteiger partial charge is 0.236 e. The van der Waals surface area contributed by atoms with Crippen LogP contribution in [0.2, 0.25) is 0 Å². The molecule has 0 aliphatic carbocycles. The molecule has 0 aromatic rings. The average Bonchev–Trinajstić information content (AvgIpc) is 2.21. The number of hydrogen-bond acceptors (Lipinski definition) is 3. The quantitative estimate of drug-likeness (QED) is 0.650. The first-order valence-corrected chi connectivity index (χ1v) is 5.61. The molecule has 15 heavy (non-hydrogen) atoms. The zero-order chi connectivity index (χ0) is 11.8. The molecule has 0 aliphatic rings. The van der Waals surface area contributed by atoms with Crippen LogP contribution in [0.4, 0.5) is 0 Å². The van der Waals surface area contributed by atoms with E-state index in [1.807, 2.05) is 6.92 Å². The number of nitrogens with zero attached hydrogens (tertiary/aromatic N) is 1. The molecule has 0 rings (SSSR count). The molecule has 0 heterocycles. The highest BCUT2D eigenvalue weighted by molar-refractivity contribution is 5.77. The van der Waals surface area contributed by atoms with Gasteiger partial charge in [-0.05, 0) is 19.3 Å². The topological polar surface area (TPSA) is 52.6 Å². The largest absolute Gasteiger partial charge is 0.396 e. The molecule has 1 unspecified atom stereocenters. The molecule has 0 aromatic carbocycles. The van der Waals surface area contributed by atoms with Crippen LogP contribution in [0.15, 0.2) is 0 Å². The molecule has 0 saturated heterocycles. The average molecular weight is 216 g/mol. The summed E-state index contributed by atoms with van der Waals surface area (Å²) in [5, 5.41) is 12.1. The number of carbonyl (C=O) groups excluding carboxylic acids is 1. The van der Waals surface area contributed by atoms with Gasteiger partial charge in [-0.1, -0.05) is 13.8 Å².